The molecule has 4 aromatic carbocycles. The summed E-state index contributed by atoms with van der Waals surface area (Å²) < 4.78 is 67.5. The summed E-state index contributed by atoms with van der Waals surface area (Å²) in [5.41, 5.74) is 1.79. The monoisotopic (exact) mass is 472 g/mol. The average Bonchev–Trinajstić information content (AvgIpc) is 2.65. The molecule has 4 aromatic rings. The molecular formula is C21H14Na2O6S2. The molecule has 4 rings (SSSR count). The molecule has 0 saturated carbocycles. The summed E-state index contributed by atoms with van der Waals surface area (Å²) in [4.78, 5) is -0.557. The summed E-state index contributed by atoms with van der Waals surface area (Å²) in [6.07, 6.45) is 0.509. The molecule has 0 radical (unpaired) electrons. The third-order valence-corrected chi connectivity index (χ3v) is 6.40. The Balaban J connectivity index is 0.00000171. The predicted molar refractivity (Wildman–Crippen MR) is 107 cm³/mol. The zero-order valence-corrected chi connectivity index (χ0v) is 22.5. The van der Waals surface area contributed by atoms with Crippen LogP contribution < -0.4 is 59.1 Å². The van der Waals surface area contributed by atoms with Gasteiger partial charge in [-0.25, -0.2) is 16.8 Å². The molecule has 0 amide bonds. The fourth-order valence-electron chi connectivity index (χ4n) is 3.32. The number of hydrogen-bond donors (Lipinski definition) is 0. The van der Waals surface area contributed by atoms with E-state index in [0.717, 1.165) is 21.9 Å². The minimum absolute atomic E-state index is 0. The Morgan fingerprint density at radius 1 is 0.516 bits per heavy atom. The Morgan fingerprint density at radius 3 is 1.23 bits per heavy atom. The Morgan fingerprint density at radius 2 is 0.871 bits per heavy atom. The molecule has 31 heavy (non-hydrogen) atoms. The van der Waals surface area contributed by atoms with Gasteiger partial charge in [0.2, 0.25) is 0 Å². The molecule has 0 unspecified atom stereocenters. The summed E-state index contributed by atoms with van der Waals surface area (Å²) in [6, 6.07) is 19.6. The maximum Gasteiger partial charge on any atom is 1.00 e. The smallest absolute Gasteiger partial charge is 0.744 e. The molecule has 0 aliphatic carbocycles. The quantitative estimate of drug-likeness (QED) is 0.238. The third-order valence-electron chi connectivity index (χ3n) is 4.74. The number of benzene rings is 4. The number of fused-ring (bicyclic) bond motifs is 2. The molecule has 0 N–H and O–H groups in total. The van der Waals surface area contributed by atoms with Crippen molar-refractivity contribution in [3.05, 3.63) is 83.9 Å². The second kappa shape index (κ2) is 10.0. The maximum absolute atomic E-state index is 11.3. The molecule has 0 aliphatic rings. The van der Waals surface area contributed by atoms with Gasteiger partial charge in [0.25, 0.3) is 0 Å². The van der Waals surface area contributed by atoms with Crippen LogP contribution in [0.4, 0.5) is 0 Å². The largest absolute Gasteiger partial charge is 1.00 e. The van der Waals surface area contributed by atoms with Gasteiger partial charge in [-0.1, -0.05) is 48.5 Å². The van der Waals surface area contributed by atoms with E-state index in [0.29, 0.717) is 17.2 Å². The molecule has 0 bridgehead atoms. The van der Waals surface area contributed by atoms with E-state index in [1.807, 2.05) is 36.4 Å². The van der Waals surface area contributed by atoms with E-state index in [-0.39, 0.29) is 68.9 Å². The van der Waals surface area contributed by atoms with Crippen LogP contribution in [-0.4, -0.2) is 25.9 Å². The molecule has 148 valence electrons. The zero-order chi connectivity index (χ0) is 20.8. The van der Waals surface area contributed by atoms with Gasteiger partial charge in [-0.15, -0.1) is 0 Å². The normalized spacial score (nSPS) is 11.7. The van der Waals surface area contributed by atoms with Crippen molar-refractivity contribution >= 4 is 41.8 Å². The van der Waals surface area contributed by atoms with Gasteiger partial charge >= 0.3 is 59.1 Å². The fourth-order valence-corrected chi connectivity index (χ4v) is 4.33. The van der Waals surface area contributed by atoms with Crippen LogP contribution in [0, 0.1) is 0 Å². The summed E-state index contributed by atoms with van der Waals surface area (Å²) in [7, 11) is -9.06. The van der Waals surface area contributed by atoms with E-state index in [2.05, 4.69) is 0 Å². The van der Waals surface area contributed by atoms with Crippen LogP contribution >= 0.6 is 0 Å². The third kappa shape index (κ3) is 6.17. The Hall–Kier alpha value is -0.780. The minimum atomic E-state index is -4.53. The van der Waals surface area contributed by atoms with Crippen LogP contribution in [0.2, 0.25) is 0 Å². The second-order valence-corrected chi connectivity index (χ2v) is 9.53. The van der Waals surface area contributed by atoms with E-state index >= 15 is 0 Å². The topological polar surface area (TPSA) is 114 Å². The first-order valence-corrected chi connectivity index (χ1v) is 11.4. The van der Waals surface area contributed by atoms with Crippen LogP contribution in [0.15, 0.2) is 82.6 Å². The van der Waals surface area contributed by atoms with Crippen LogP contribution in [0.1, 0.15) is 11.1 Å². The Labute approximate surface area is 224 Å². The van der Waals surface area contributed by atoms with Crippen molar-refractivity contribution in [2.24, 2.45) is 0 Å². The molecule has 0 aliphatic heterocycles. The molecule has 10 heteroatoms. The van der Waals surface area contributed by atoms with Crippen LogP contribution in [0.25, 0.3) is 21.5 Å². The van der Waals surface area contributed by atoms with Crippen LogP contribution in [-0.2, 0) is 26.7 Å². The molecule has 0 atom stereocenters. The van der Waals surface area contributed by atoms with Gasteiger partial charge in [0.05, 0.1) is 9.79 Å². The standard InChI is InChI=1S/C21H16O6S2.2Na/c22-28(23,24)20-7-5-16-3-1-14(10-18(16)12-20)9-15-2-4-17-6-8-21(29(25,26)27)13-19(17)11-15;;/h1-8,10-13H,9H2,(H,22,23,24)(H,25,26,27);;/q;2*+1/p-2. The van der Waals surface area contributed by atoms with Crippen molar-refractivity contribution in [3.63, 3.8) is 0 Å². The van der Waals surface area contributed by atoms with Crippen LogP contribution in [0.5, 0.6) is 0 Å². The van der Waals surface area contributed by atoms with Crippen molar-refractivity contribution in [1.82, 2.24) is 0 Å². The van der Waals surface area contributed by atoms with Crippen molar-refractivity contribution in [3.8, 4) is 0 Å². The molecule has 0 saturated heterocycles. The molecule has 0 fully saturated rings. The summed E-state index contributed by atoms with van der Waals surface area (Å²) in [5, 5.41) is 2.90. The van der Waals surface area contributed by atoms with Gasteiger partial charge < -0.3 is 9.11 Å². The predicted octanol–water partition coefficient (Wildman–Crippen LogP) is -2.60. The minimum Gasteiger partial charge on any atom is -0.744 e. The first-order valence-electron chi connectivity index (χ1n) is 8.57. The van der Waals surface area contributed by atoms with Gasteiger partial charge in [0, 0.05) is 0 Å². The van der Waals surface area contributed by atoms with Gasteiger partial charge in [-0.05, 0) is 63.4 Å². The van der Waals surface area contributed by atoms with Crippen molar-refractivity contribution < 1.29 is 85.1 Å². The van der Waals surface area contributed by atoms with E-state index in [9.17, 15) is 25.9 Å². The summed E-state index contributed by atoms with van der Waals surface area (Å²) in [5.74, 6) is 0. The van der Waals surface area contributed by atoms with Crippen LogP contribution in [0.3, 0.4) is 0 Å². The molecule has 6 nitrogen and oxygen atoms in total. The summed E-state index contributed by atoms with van der Waals surface area (Å²) in [6.45, 7) is 0. The first-order chi connectivity index (χ1) is 13.6. The van der Waals surface area contributed by atoms with Crippen molar-refractivity contribution in [2.45, 2.75) is 16.2 Å². The Kier molecular flexibility index (Phi) is 8.55. The van der Waals surface area contributed by atoms with E-state index in [1.54, 1.807) is 12.1 Å². The Bertz CT molecular complexity index is 1370. The van der Waals surface area contributed by atoms with Gasteiger partial charge in [0.1, 0.15) is 20.2 Å². The fraction of sp³-hybridized carbons (Fsp3) is 0.0476. The summed E-state index contributed by atoms with van der Waals surface area (Å²) >= 11 is 0. The number of rotatable bonds is 4. The van der Waals surface area contributed by atoms with Gasteiger partial charge in [0.15, 0.2) is 0 Å². The zero-order valence-electron chi connectivity index (χ0n) is 16.9. The average molecular weight is 472 g/mol. The van der Waals surface area contributed by atoms with Gasteiger partial charge in [-0.2, -0.15) is 0 Å². The second-order valence-electron chi connectivity index (χ2n) is 6.77. The maximum atomic E-state index is 11.3. The van der Waals surface area contributed by atoms with Crippen molar-refractivity contribution in [1.29, 1.82) is 0 Å². The first kappa shape index (κ1) is 26.5. The van der Waals surface area contributed by atoms with E-state index in [1.165, 1.54) is 24.3 Å². The molecular weight excluding hydrogens is 458 g/mol. The van der Waals surface area contributed by atoms with E-state index in [4.69, 9.17) is 0 Å². The SMILES string of the molecule is O=S(=O)([O-])c1ccc2ccc(Cc3ccc4ccc(S(=O)(=O)[O-])cc4c3)cc2c1.[Na+].[Na+]. The molecule has 0 heterocycles. The number of hydrogen-bond acceptors (Lipinski definition) is 6. The van der Waals surface area contributed by atoms with Gasteiger partial charge in [-0.3, -0.25) is 0 Å². The molecule has 0 spiro atoms. The van der Waals surface area contributed by atoms with Crippen molar-refractivity contribution in [2.75, 3.05) is 0 Å². The molecule has 0 aromatic heterocycles. The van der Waals surface area contributed by atoms with E-state index < -0.39 is 20.2 Å².